The van der Waals surface area contributed by atoms with Gasteiger partial charge in [-0.2, -0.15) is 11.8 Å². The third-order valence-corrected chi connectivity index (χ3v) is 6.60. The van der Waals surface area contributed by atoms with Crippen molar-refractivity contribution >= 4 is 40.5 Å². The van der Waals surface area contributed by atoms with Crippen LogP contribution in [-0.2, 0) is 26.6 Å². The maximum absolute atomic E-state index is 12.9. The summed E-state index contributed by atoms with van der Waals surface area (Å²) in [4.78, 5) is 36.2. The van der Waals surface area contributed by atoms with Crippen LogP contribution in [0.15, 0.2) is 54.6 Å². The number of rotatable bonds is 11. The van der Waals surface area contributed by atoms with Crippen molar-refractivity contribution < 1.29 is 14.4 Å². The number of nitrogens with one attached hydrogen (secondary N) is 1. The van der Waals surface area contributed by atoms with Gasteiger partial charge in [0.1, 0.15) is 6.04 Å². The molecule has 2 amide bonds. The fraction of sp³-hybridized carbons (Fsp3) is 0.348. The minimum Gasteiger partial charge on any atom is -0.368 e. The van der Waals surface area contributed by atoms with Crippen LogP contribution in [0.1, 0.15) is 23.6 Å². The highest BCUT2D eigenvalue weighted by molar-refractivity contribution is 8.13. The average molecular weight is 445 g/mol. The molecule has 0 unspecified atom stereocenters. The summed E-state index contributed by atoms with van der Waals surface area (Å²) >= 11 is 2.67. The number of aryl methyl sites for hydroxylation is 1. The molecule has 0 fully saturated rings. The predicted molar refractivity (Wildman–Crippen MR) is 125 cm³/mol. The molecule has 3 N–H and O–H groups in total. The van der Waals surface area contributed by atoms with Gasteiger partial charge in [0.25, 0.3) is 0 Å². The summed E-state index contributed by atoms with van der Waals surface area (Å²) in [6.45, 7) is 3.52. The summed E-state index contributed by atoms with van der Waals surface area (Å²) in [6.07, 6.45) is 0.495. The molecule has 30 heavy (non-hydrogen) atoms. The van der Waals surface area contributed by atoms with E-state index in [0.29, 0.717) is 17.9 Å². The molecule has 0 bridgehead atoms. The van der Waals surface area contributed by atoms with Gasteiger partial charge in [0.15, 0.2) is 5.12 Å². The smallest absolute Gasteiger partial charge is 0.240 e. The Morgan fingerprint density at radius 2 is 1.63 bits per heavy atom. The van der Waals surface area contributed by atoms with E-state index in [9.17, 15) is 14.4 Å². The van der Waals surface area contributed by atoms with E-state index >= 15 is 0 Å². The average Bonchev–Trinajstić information content (AvgIpc) is 2.72. The lowest BCUT2D eigenvalue weighted by Crippen LogP contribution is -2.48. The van der Waals surface area contributed by atoms with Crippen molar-refractivity contribution in [3.8, 4) is 0 Å². The molecule has 2 aromatic rings. The number of hydrogen-bond donors (Lipinski definition) is 2. The first-order chi connectivity index (χ1) is 14.3. The van der Waals surface area contributed by atoms with Gasteiger partial charge in [-0.05, 0) is 24.5 Å². The van der Waals surface area contributed by atoms with Gasteiger partial charge >= 0.3 is 0 Å². The highest BCUT2D eigenvalue weighted by atomic mass is 32.2. The van der Waals surface area contributed by atoms with E-state index in [0.717, 1.165) is 28.6 Å². The molecule has 160 valence electrons. The number of thioether (sulfide) groups is 2. The molecular formula is C23H28N2O3S2. The number of amides is 2. The minimum absolute atomic E-state index is 0.0408. The highest BCUT2D eigenvalue weighted by Gasteiger charge is 2.25. The van der Waals surface area contributed by atoms with Crippen LogP contribution in [0.3, 0.4) is 0 Å². The van der Waals surface area contributed by atoms with E-state index in [-0.39, 0.29) is 11.0 Å². The molecule has 0 aromatic heterocycles. The number of nitrogens with two attached hydrogens (primary N) is 1. The van der Waals surface area contributed by atoms with Gasteiger partial charge in [-0.15, -0.1) is 0 Å². The molecule has 5 nitrogen and oxygen atoms in total. The molecule has 0 saturated carbocycles. The molecule has 0 spiro atoms. The van der Waals surface area contributed by atoms with E-state index in [4.69, 9.17) is 5.73 Å². The zero-order valence-corrected chi connectivity index (χ0v) is 18.9. The van der Waals surface area contributed by atoms with Gasteiger partial charge in [-0.25, -0.2) is 0 Å². The summed E-state index contributed by atoms with van der Waals surface area (Å²) in [5, 5.41) is 2.76. The summed E-state index contributed by atoms with van der Waals surface area (Å²) in [6, 6.07) is 17.1. The Morgan fingerprint density at radius 1 is 0.967 bits per heavy atom. The van der Waals surface area contributed by atoms with Crippen LogP contribution in [0.5, 0.6) is 0 Å². The third kappa shape index (κ3) is 8.63. The highest BCUT2D eigenvalue weighted by Crippen LogP contribution is 2.18. The second kappa shape index (κ2) is 12.4. The number of hydrogen-bond acceptors (Lipinski definition) is 5. The maximum atomic E-state index is 12.9. The van der Waals surface area contributed by atoms with Gasteiger partial charge in [0.2, 0.25) is 11.8 Å². The van der Waals surface area contributed by atoms with Crippen molar-refractivity contribution in [2.75, 3.05) is 11.5 Å². The van der Waals surface area contributed by atoms with E-state index < -0.39 is 17.9 Å². The fourth-order valence-electron chi connectivity index (χ4n) is 2.81. The third-order valence-electron chi connectivity index (χ3n) is 4.52. The van der Waals surface area contributed by atoms with Gasteiger partial charge in [-0.3, -0.25) is 14.4 Å². The van der Waals surface area contributed by atoms with Crippen molar-refractivity contribution in [3.63, 3.8) is 0 Å². The molecule has 0 heterocycles. The SMILES string of the molecule is CC(=O)SC[C@H](Cc1ccccc1)C(=O)N[C@H](CSCc1ccc(C)cc1)C(N)=O. The molecule has 0 aliphatic heterocycles. The van der Waals surface area contributed by atoms with Crippen molar-refractivity contribution in [2.24, 2.45) is 11.7 Å². The minimum atomic E-state index is -0.756. The standard InChI is InChI=1S/C23H28N2O3S2/c1-16-8-10-19(11-9-16)13-29-15-21(22(24)27)25-23(28)20(14-30-17(2)26)12-18-6-4-3-5-7-18/h3-11,20-21H,12-15H2,1-2H3,(H2,24,27)(H,25,28)/t20-,21+/m0/s1. The van der Waals surface area contributed by atoms with Gasteiger partial charge in [0, 0.05) is 24.2 Å². The Morgan fingerprint density at radius 3 is 2.23 bits per heavy atom. The van der Waals surface area contributed by atoms with Crippen molar-refractivity contribution in [1.29, 1.82) is 0 Å². The Kier molecular flexibility index (Phi) is 9.97. The van der Waals surface area contributed by atoms with E-state index in [2.05, 4.69) is 17.4 Å². The maximum Gasteiger partial charge on any atom is 0.240 e. The van der Waals surface area contributed by atoms with Crippen LogP contribution in [0.25, 0.3) is 0 Å². The molecule has 0 aliphatic carbocycles. The first-order valence-corrected chi connectivity index (χ1v) is 11.9. The Labute approximate surface area is 186 Å². The number of carbonyl (C=O) groups is 3. The Balaban J connectivity index is 1.96. The molecular weight excluding hydrogens is 416 g/mol. The van der Waals surface area contributed by atoms with Gasteiger partial charge in [0.05, 0.1) is 5.92 Å². The van der Waals surface area contributed by atoms with Crippen molar-refractivity contribution in [2.45, 2.75) is 32.1 Å². The van der Waals surface area contributed by atoms with Crippen LogP contribution in [-0.4, -0.2) is 34.5 Å². The number of benzene rings is 2. The van der Waals surface area contributed by atoms with Crippen molar-refractivity contribution in [3.05, 3.63) is 71.3 Å². The lowest BCUT2D eigenvalue weighted by Gasteiger charge is -2.20. The van der Waals surface area contributed by atoms with Crippen LogP contribution >= 0.6 is 23.5 Å². The van der Waals surface area contributed by atoms with E-state index in [1.165, 1.54) is 12.5 Å². The molecule has 2 aromatic carbocycles. The van der Waals surface area contributed by atoms with E-state index in [1.54, 1.807) is 11.8 Å². The molecule has 2 atom stereocenters. The quantitative estimate of drug-likeness (QED) is 0.555. The normalized spacial score (nSPS) is 12.7. The summed E-state index contributed by atoms with van der Waals surface area (Å²) in [7, 11) is 0. The summed E-state index contributed by atoms with van der Waals surface area (Å²) in [5.74, 6) is 0.244. The number of carbonyl (C=O) groups excluding carboxylic acids is 3. The first kappa shape index (κ1) is 24.0. The Bertz CT molecular complexity index is 841. The molecule has 0 aliphatic rings. The molecule has 7 heteroatoms. The monoisotopic (exact) mass is 444 g/mol. The van der Waals surface area contributed by atoms with Crippen LogP contribution in [0, 0.1) is 12.8 Å². The van der Waals surface area contributed by atoms with Crippen molar-refractivity contribution in [1.82, 2.24) is 5.32 Å². The van der Waals surface area contributed by atoms with Crippen LogP contribution in [0.4, 0.5) is 0 Å². The second-order valence-electron chi connectivity index (χ2n) is 7.15. The summed E-state index contributed by atoms with van der Waals surface area (Å²) in [5.41, 5.74) is 8.88. The van der Waals surface area contributed by atoms with Crippen LogP contribution < -0.4 is 11.1 Å². The lowest BCUT2D eigenvalue weighted by molar-refractivity contribution is -0.129. The second-order valence-corrected chi connectivity index (χ2v) is 9.38. The Hall–Kier alpha value is -2.25. The van der Waals surface area contributed by atoms with Crippen LogP contribution in [0.2, 0.25) is 0 Å². The molecule has 0 radical (unpaired) electrons. The topological polar surface area (TPSA) is 89.3 Å². The largest absolute Gasteiger partial charge is 0.368 e. The molecule has 0 saturated heterocycles. The van der Waals surface area contributed by atoms with Gasteiger partial charge in [-0.1, -0.05) is 71.9 Å². The first-order valence-electron chi connectivity index (χ1n) is 9.75. The zero-order valence-electron chi connectivity index (χ0n) is 17.3. The van der Waals surface area contributed by atoms with Gasteiger partial charge < -0.3 is 11.1 Å². The fourth-order valence-corrected chi connectivity index (χ4v) is 4.54. The zero-order chi connectivity index (χ0) is 21.9. The lowest BCUT2D eigenvalue weighted by atomic mass is 10.00. The predicted octanol–water partition coefficient (Wildman–Crippen LogP) is 3.34. The number of primary amides is 1. The molecule has 2 rings (SSSR count). The van der Waals surface area contributed by atoms with E-state index in [1.807, 2.05) is 49.4 Å². The summed E-state index contributed by atoms with van der Waals surface area (Å²) < 4.78 is 0.